The molecular formula is C7H14O3. The first-order chi connectivity index (χ1) is 4.66. The van der Waals surface area contributed by atoms with Crippen LogP contribution in [-0.2, 0) is 14.2 Å². The fourth-order valence-electron chi connectivity index (χ4n) is 0.976. The molecule has 10 heavy (non-hydrogen) atoms. The molecule has 1 rings (SSSR count). The lowest BCUT2D eigenvalue weighted by atomic mass is 10.3. The van der Waals surface area contributed by atoms with Gasteiger partial charge in [-0.25, -0.2) is 0 Å². The lowest BCUT2D eigenvalue weighted by Crippen LogP contribution is -2.42. The van der Waals surface area contributed by atoms with Crippen molar-refractivity contribution in [1.29, 1.82) is 0 Å². The Labute approximate surface area is 61.3 Å². The van der Waals surface area contributed by atoms with E-state index >= 15 is 0 Å². The summed E-state index contributed by atoms with van der Waals surface area (Å²) >= 11 is 0. The highest BCUT2D eigenvalue weighted by atomic mass is 16.9. The molecule has 0 bridgehead atoms. The zero-order valence-corrected chi connectivity index (χ0v) is 6.72. The molecule has 2 atom stereocenters. The second kappa shape index (κ2) is 2.86. The summed E-state index contributed by atoms with van der Waals surface area (Å²) < 4.78 is 15.6. The highest BCUT2D eigenvalue weighted by molar-refractivity contribution is 4.60. The summed E-state index contributed by atoms with van der Waals surface area (Å²) in [5.41, 5.74) is 0. The molecule has 0 radical (unpaired) electrons. The first kappa shape index (κ1) is 7.98. The summed E-state index contributed by atoms with van der Waals surface area (Å²) in [6.45, 7) is 4.51. The molecule has 1 saturated heterocycles. The lowest BCUT2D eigenvalue weighted by molar-refractivity contribution is -0.395. The van der Waals surface area contributed by atoms with Crippen LogP contribution in [0.3, 0.4) is 0 Å². The van der Waals surface area contributed by atoms with Gasteiger partial charge in [-0.15, -0.1) is 0 Å². The topological polar surface area (TPSA) is 27.7 Å². The SMILES string of the molecule is COC1(C)OCCC(C)O1. The van der Waals surface area contributed by atoms with Crippen LogP contribution >= 0.6 is 0 Å². The number of hydrogen-bond acceptors (Lipinski definition) is 3. The van der Waals surface area contributed by atoms with Crippen LogP contribution in [0.25, 0.3) is 0 Å². The zero-order valence-electron chi connectivity index (χ0n) is 6.72. The molecule has 1 heterocycles. The van der Waals surface area contributed by atoms with Gasteiger partial charge in [0.2, 0.25) is 0 Å². The largest absolute Gasteiger partial charge is 0.331 e. The molecule has 2 unspecified atom stereocenters. The molecule has 0 saturated carbocycles. The highest BCUT2D eigenvalue weighted by Crippen LogP contribution is 2.22. The molecule has 1 aliphatic heterocycles. The molecular weight excluding hydrogens is 132 g/mol. The van der Waals surface area contributed by atoms with Crippen molar-refractivity contribution in [2.75, 3.05) is 13.7 Å². The molecule has 0 spiro atoms. The van der Waals surface area contributed by atoms with E-state index in [-0.39, 0.29) is 6.10 Å². The molecule has 0 aromatic heterocycles. The monoisotopic (exact) mass is 146 g/mol. The van der Waals surface area contributed by atoms with Crippen LogP contribution in [0.5, 0.6) is 0 Å². The van der Waals surface area contributed by atoms with Crippen molar-refractivity contribution in [2.24, 2.45) is 0 Å². The van der Waals surface area contributed by atoms with Gasteiger partial charge < -0.3 is 14.2 Å². The van der Waals surface area contributed by atoms with Gasteiger partial charge in [-0.3, -0.25) is 0 Å². The lowest BCUT2D eigenvalue weighted by Gasteiger charge is -2.35. The Balaban J connectivity index is 2.45. The number of methoxy groups -OCH3 is 1. The summed E-state index contributed by atoms with van der Waals surface area (Å²) in [7, 11) is 1.58. The van der Waals surface area contributed by atoms with E-state index in [1.165, 1.54) is 0 Å². The highest BCUT2D eigenvalue weighted by Gasteiger charge is 2.31. The molecule has 0 aliphatic carbocycles. The Morgan fingerprint density at radius 1 is 1.60 bits per heavy atom. The third kappa shape index (κ3) is 1.68. The molecule has 0 aromatic rings. The summed E-state index contributed by atoms with van der Waals surface area (Å²) in [6.07, 6.45) is 1.18. The third-order valence-corrected chi connectivity index (χ3v) is 1.67. The van der Waals surface area contributed by atoms with E-state index in [1.807, 2.05) is 6.92 Å². The Kier molecular flexibility index (Phi) is 2.28. The van der Waals surface area contributed by atoms with E-state index in [2.05, 4.69) is 0 Å². The zero-order chi connectivity index (χ0) is 7.61. The first-order valence-corrected chi connectivity index (χ1v) is 3.53. The van der Waals surface area contributed by atoms with Crippen molar-refractivity contribution in [1.82, 2.24) is 0 Å². The summed E-state index contributed by atoms with van der Waals surface area (Å²) in [4.78, 5) is 0. The molecule has 3 heteroatoms. The van der Waals surface area contributed by atoms with Gasteiger partial charge in [-0.2, -0.15) is 0 Å². The average Bonchev–Trinajstić information content (AvgIpc) is 1.88. The number of hydrogen-bond donors (Lipinski definition) is 0. The maximum Gasteiger partial charge on any atom is 0.279 e. The van der Waals surface area contributed by atoms with E-state index in [0.29, 0.717) is 6.61 Å². The first-order valence-electron chi connectivity index (χ1n) is 3.53. The minimum Gasteiger partial charge on any atom is -0.331 e. The van der Waals surface area contributed by atoms with Crippen LogP contribution in [-0.4, -0.2) is 25.8 Å². The smallest absolute Gasteiger partial charge is 0.279 e. The van der Waals surface area contributed by atoms with Gasteiger partial charge >= 0.3 is 0 Å². The minimum atomic E-state index is -0.808. The van der Waals surface area contributed by atoms with E-state index in [9.17, 15) is 0 Å². The van der Waals surface area contributed by atoms with Crippen LogP contribution < -0.4 is 0 Å². The average molecular weight is 146 g/mol. The Bertz CT molecular complexity index is 115. The van der Waals surface area contributed by atoms with Crippen molar-refractivity contribution < 1.29 is 14.2 Å². The molecule has 1 fully saturated rings. The number of rotatable bonds is 1. The van der Waals surface area contributed by atoms with E-state index in [4.69, 9.17) is 14.2 Å². The molecule has 1 aliphatic rings. The second-order valence-electron chi connectivity index (χ2n) is 2.63. The van der Waals surface area contributed by atoms with Gasteiger partial charge in [-0.05, 0) is 13.3 Å². The standard InChI is InChI=1S/C7H14O3/c1-6-4-5-9-7(2,8-3)10-6/h6H,4-5H2,1-3H3. The predicted octanol–water partition coefficient (Wildman–Crippen LogP) is 1.13. The minimum absolute atomic E-state index is 0.235. The molecule has 0 amide bonds. The van der Waals surface area contributed by atoms with Crippen LogP contribution in [0.2, 0.25) is 0 Å². The van der Waals surface area contributed by atoms with Gasteiger partial charge in [0.05, 0.1) is 12.7 Å². The summed E-state index contributed by atoms with van der Waals surface area (Å²) in [5, 5.41) is 0. The van der Waals surface area contributed by atoms with Crippen molar-refractivity contribution in [2.45, 2.75) is 32.3 Å². The van der Waals surface area contributed by atoms with Crippen molar-refractivity contribution in [3.05, 3.63) is 0 Å². The van der Waals surface area contributed by atoms with Crippen LogP contribution in [0.15, 0.2) is 0 Å². The van der Waals surface area contributed by atoms with Crippen LogP contribution in [0.4, 0.5) is 0 Å². The Morgan fingerprint density at radius 3 is 2.70 bits per heavy atom. The number of ether oxygens (including phenoxy) is 3. The third-order valence-electron chi connectivity index (χ3n) is 1.67. The molecule has 0 N–H and O–H groups in total. The van der Waals surface area contributed by atoms with Gasteiger partial charge in [0.15, 0.2) is 0 Å². The van der Waals surface area contributed by atoms with Gasteiger partial charge in [-0.1, -0.05) is 0 Å². The predicted molar refractivity (Wildman–Crippen MR) is 36.5 cm³/mol. The summed E-state index contributed by atoms with van der Waals surface area (Å²) in [6, 6.07) is 0. The summed E-state index contributed by atoms with van der Waals surface area (Å²) in [5.74, 6) is -0.808. The maximum atomic E-state index is 5.38. The van der Waals surface area contributed by atoms with E-state index in [1.54, 1.807) is 14.0 Å². The van der Waals surface area contributed by atoms with Gasteiger partial charge in [0.25, 0.3) is 5.97 Å². The molecule has 0 aromatic carbocycles. The van der Waals surface area contributed by atoms with Crippen LogP contribution in [0, 0.1) is 0 Å². The van der Waals surface area contributed by atoms with Crippen molar-refractivity contribution in [3.63, 3.8) is 0 Å². The Morgan fingerprint density at radius 2 is 2.30 bits per heavy atom. The van der Waals surface area contributed by atoms with Gasteiger partial charge in [0.1, 0.15) is 0 Å². The molecule has 3 nitrogen and oxygen atoms in total. The quantitative estimate of drug-likeness (QED) is 0.555. The normalized spacial score (nSPS) is 41.7. The second-order valence-corrected chi connectivity index (χ2v) is 2.63. The van der Waals surface area contributed by atoms with Crippen molar-refractivity contribution in [3.8, 4) is 0 Å². The Hall–Kier alpha value is -0.120. The maximum absolute atomic E-state index is 5.38. The van der Waals surface area contributed by atoms with E-state index < -0.39 is 5.97 Å². The van der Waals surface area contributed by atoms with Gasteiger partial charge in [0, 0.05) is 14.0 Å². The fourth-order valence-corrected chi connectivity index (χ4v) is 0.976. The van der Waals surface area contributed by atoms with Crippen LogP contribution in [0.1, 0.15) is 20.3 Å². The molecule has 60 valence electrons. The fraction of sp³-hybridized carbons (Fsp3) is 1.00. The van der Waals surface area contributed by atoms with E-state index in [0.717, 1.165) is 6.42 Å². The van der Waals surface area contributed by atoms with Crippen molar-refractivity contribution >= 4 is 0 Å².